The molecule has 0 aliphatic carbocycles. The molecule has 0 aromatic carbocycles. The van der Waals surface area contributed by atoms with Gasteiger partial charge in [0.15, 0.2) is 0 Å². The molecule has 0 unspecified atom stereocenters. The molecule has 1 aromatic heterocycles. The summed E-state index contributed by atoms with van der Waals surface area (Å²) in [6.45, 7) is 6.97. The Balaban J connectivity index is 2.28. The van der Waals surface area contributed by atoms with Crippen LogP contribution in [0.2, 0.25) is 0 Å². The zero-order chi connectivity index (χ0) is 12.9. The Hall–Kier alpha value is -1.17. The van der Waals surface area contributed by atoms with Gasteiger partial charge in [-0.05, 0) is 12.8 Å². The second-order valence-corrected chi connectivity index (χ2v) is 5.70. The highest BCUT2D eigenvalue weighted by atomic mass is 32.1. The van der Waals surface area contributed by atoms with Crippen LogP contribution in [0.4, 0.5) is 5.13 Å². The van der Waals surface area contributed by atoms with Crippen molar-refractivity contribution in [1.29, 1.82) is 0 Å². The number of aliphatic carboxylic acids is 1. The van der Waals surface area contributed by atoms with Crippen LogP contribution in [0.5, 0.6) is 0 Å². The number of aromatic nitrogens is 2. The molecule has 17 heavy (non-hydrogen) atoms. The van der Waals surface area contributed by atoms with Crippen molar-refractivity contribution in [2.24, 2.45) is 0 Å². The van der Waals surface area contributed by atoms with E-state index in [1.54, 1.807) is 0 Å². The normalized spacial score (nSPS) is 11.5. The van der Waals surface area contributed by atoms with Crippen molar-refractivity contribution in [3.8, 4) is 0 Å². The average Bonchev–Trinajstić information content (AvgIpc) is 2.64. The van der Waals surface area contributed by atoms with Crippen LogP contribution in [-0.4, -0.2) is 27.0 Å². The van der Waals surface area contributed by atoms with Gasteiger partial charge in [-0.2, -0.15) is 4.37 Å². The van der Waals surface area contributed by atoms with Crippen LogP contribution in [0.1, 0.15) is 45.9 Å². The number of nitrogens with zero attached hydrogens (tertiary/aromatic N) is 2. The zero-order valence-corrected chi connectivity index (χ0v) is 11.3. The number of unbranched alkanes of at least 4 members (excludes halogenated alkanes) is 1. The van der Waals surface area contributed by atoms with E-state index in [1.165, 1.54) is 11.5 Å². The van der Waals surface area contributed by atoms with E-state index in [0.717, 1.165) is 23.9 Å². The van der Waals surface area contributed by atoms with Gasteiger partial charge in [0.25, 0.3) is 0 Å². The number of anilines is 1. The first kappa shape index (κ1) is 13.9. The van der Waals surface area contributed by atoms with Gasteiger partial charge in [-0.25, -0.2) is 4.98 Å². The molecule has 0 radical (unpaired) electrons. The molecule has 0 fully saturated rings. The molecule has 0 aliphatic heterocycles. The van der Waals surface area contributed by atoms with E-state index in [0.29, 0.717) is 6.42 Å². The second kappa shape index (κ2) is 5.95. The van der Waals surface area contributed by atoms with Crippen molar-refractivity contribution < 1.29 is 9.90 Å². The van der Waals surface area contributed by atoms with Gasteiger partial charge in [0.1, 0.15) is 5.82 Å². The molecule has 0 spiro atoms. The molecule has 0 saturated heterocycles. The van der Waals surface area contributed by atoms with Crippen molar-refractivity contribution in [2.75, 3.05) is 11.9 Å². The Morgan fingerprint density at radius 1 is 1.41 bits per heavy atom. The van der Waals surface area contributed by atoms with Gasteiger partial charge in [-0.3, -0.25) is 4.79 Å². The Labute approximate surface area is 105 Å². The summed E-state index contributed by atoms with van der Waals surface area (Å²) >= 11 is 1.35. The standard InChI is InChI=1S/C11H19N3O2S/c1-11(2,3)9-13-10(17-14-9)12-7-5-4-6-8(15)16/h4-7H2,1-3H3,(H,15,16)(H,12,13,14). The van der Waals surface area contributed by atoms with Gasteiger partial charge < -0.3 is 10.4 Å². The number of rotatable bonds is 6. The number of carboxylic acid groups (broad SMARTS) is 1. The molecular formula is C11H19N3O2S. The highest BCUT2D eigenvalue weighted by Crippen LogP contribution is 2.22. The van der Waals surface area contributed by atoms with Gasteiger partial charge in [0, 0.05) is 29.9 Å². The average molecular weight is 257 g/mol. The van der Waals surface area contributed by atoms with Gasteiger partial charge in [0.05, 0.1) is 0 Å². The molecule has 6 heteroatoms. The second-order valence-electron chi connectivity index (χ2n) is 4.95. The Bertz CT molecular complexity index is 371. The fraction of sp³-hybridized carbons (Fsp3) is 0.727. The largest absolute Gasteiger partial charge is 0.481 e. The van der Waals surface area contributed by atoms with Crippen LogP contribution >= 0.6 is 11.5 Å². The molecule has 2 N–H and O–H groups in total. The summed E-state index contributed by atoms with van der Waals surface area (Å²) < 4.78 is 4.29. The summed E-state index contributed by atoms with van der Waals surface area (Å²) in [7, 11) is 0. The van der Waals surface area contributed by atoms with Gasteiger partial charge in [-0.1, -0.05) is 20.8 Å². The highest BCUT2D eigenvalue weighted by molar-refractivity contribution is 7.09. The number of hydrogen-bond donors (Lipinski definition) is 2. The Kier molecular flexibility index (Phi) is 4.86. The molecule has 5 nitrogen and oxygen atoms in total. The van der Waals surface area contributed by atoms with E-state index in [1.807, 2.05) is 0 Å². The minimum atomic E-state index is -0.740. The minimum absolute atomic E-state index is 0.0280. The monoisotopic (exact) mass is 257 g/mol. The lowest BCUT2D eigenvalue weighted by molar-refractivity contribution is -0.137. The fourth-order valence-corrected chi connectivity index (χ4v) is 1.98. The smallest absolute Gasteiger partial charge is 0.303 e. The van der Waals surface area contributed by atoms with Crippen molar-refractivity contribution >= 4 is 22.6 Å². The van der Waals surface area contributed by atoms with Crippen LogP contribution in [0.15, 0.2) is 0 Å². The van der Waals surface area contributed by atoms with E-state index in [4.69, 9.17) is 5.11 Å². The maximum atomic E-state index is 10.3. The van der Waals surface area contributed by atoms with Crippen LogP contribution in [-0.2, 0) is 10.2 Å². The maximum Gasteiger partial charge on any atom is 0.303 e. The first-order valence-electron chi connectivity index (χ1n) is 5.69. The van der Waals surface area contributed by atoms with Crippen molar-refractivity contribution in [2.45, 2.75) is 45.4 Å². The third kappa shape index (κ3) is 5.12. The predicted octanol–water partition coefficient (Wildman–Crippen LogP) is 2.50. The number of nitrogens with one attached hydrogen (secondary N) is 1. The predicted molar refractivity (Wildman–Crippen MR) is 68.6 cm³/mol. The molecule has 0 aliphatic rings. The molecule has 0 bridgehead atoms. The summed E-state index contributed by atoms with van der Waals surface area (Å²) in [5.74, 6) is 0.103. The van der Waals surface area contributed by atoms with E-state index in [9.17, 15) is 4.79 Å². The Morgan fingerprint density at radius 2 is 2.12 bits per heavy atom. The van der Waals surface area contributed by atoms with Crippen molar-refractivity contribution in [3.63, 3.8) is 0 Å². The first-order chi connectivity index (χ1) is 7.89. The van der Waals surface area contributed by atoms with E-state index in [-0.39, 0.29) is 11.8 Å². The molecule has 0 atom stereocenters. The lowest BCUT2D eigenvalue weighted by atomic mass is 9.96. The van der Waals surface area contributed by atoms with Crippen LogP contribution < -0.4 is 5.32 Å². The maximum absolute atomic E-state index is 10.3. The van der Waals surface area contributed by atoms with Crippen molar-refractivity contribution in [3.05, 3.63) is 5.82 Å². The van der Waals surface area contributed by atoms with Crippen LogP contribution in [0, 0.1) is 0 Å². The molecule has 1 aromatic rings. The van der Waals surface area contributed by atoms with E-state index in [2.05, 4.69) is 35.4 Å². The quantitative estimate of drug-likeness (QED) is 0.766. The third-order valence-corrected chi connectivity index (χ3v) is 2.86. The fourth-order valence-electron chi connectivity index (χ4n) is 1.20. The SMILES string of the molecule is CC(C)(C)c1nsc(NCCCCC(=O)O)n1. The van der Waals surface area contributed by atoms with Gasteiger partial charge >= 0.3 is 5.97 Å². The number of carbonyl (C=O) groups is 1. The summed E-state index contributed by atoms with van der Waals surface area (Å²) in [6.07, 6.45) is 1.75. The molecule has 1 rings (SSSR count). The van der Waals surface area contributed by atoms with Gasteiger partial charge in [0.2, 0.25) is 5.13 Å². The van der Waals surface area contributed by atoms with E-state index < -0.39 is 5.97 Å². The first-order valence-corrected chi connectivity index (χ1v) is 6.47. The highest BCUT2D eigenvalue weighted by Gasteiger charge is 2.19. The van der Waals surface area contributed by atoms with E-state index >= 15 is 0 Å². The van der Waals surface area contributed by atoms with Crippen LogP contribution in [0.3, 0.4) is 0 Å². The Morgan fingerprint density at radius 3 is 2.65 bits per heavy atom. The van der Waals surface area contributed by atoms with Gasteiger partial charge in [-0.15, -0.1) is 0 Å². The summed E-state index contributed by atoms with van der Waals surface area (Å²) in [6, 6.07) is 0. The molecule has 96 valence electrons. The minimum Gasteiger partial charge on any atom is -0.481 e. The summed E-state index contributed by atoms with van der Waals surface area (Å²) in [5, 5.41) is 12.5. The van der Waals surface area contributed by atoms with Crippen LogP contribution in [0.25, 0.3) is 0 Å². The van der Waals surface area contributed by atoms with Crippen molar-refractivity contribution in [1.82, 2.24) is 9.36 Å². The molecular weight excluding hydrogens is 238 g/mol. The topological polar surface area (TPSA) is 75.1 Å². The number of hydrogen-bond acceptors (Lipinski definition) is 5. The number of carboxylic acids is 1. The zero-order valence-electron chi connectivity index (χ0n) is 10.5. The molecule has 0 amide bonds. The lowest BCUT2D eigenvalue weighted by Gasteiger charge is -2.12. The third-order valence-electron chi connectivity index (χ3n) is 2.19. The summed E-state index contributed by atoms with van der Waals surface area (Å²) in [4.78, 5) is 14.7. The lowest BCUT2D eigenvalue weighted by Crippen LogP contribution is -2.13. The molecule has 0 saturated carbocycles. The molecule has 1 heterocycles. The summed E-state index contributed by atoms with van der Waals surface area (Å²) in [5.41, 5.74) is -0.0280.